The molecule has 2 heterocycles. The molecule has 0 amide bonds. The van der Waals surface area contributed by atoms with E-state index in [9.17, 15) is 24.6 Å². The molecule has 0 aromatic rings. The summed E-state index contributed by atoms with van der Waals surface area (Å²) in [6, 6.07) is 0. The first-order chi connectivity index (χ1) is 13.0. The maximum absolute atomic E-state index is 13.0. The zero-order valence-corrected chi connectivity index (χ0v) is 16.7. The lowest BCUT2D eigenvalue weighted by molar-refractivity contribution is -0.198. The predicted molar refractivity (Wildman–Crippen MR) is 95.9 cm³/mol. The molecule has 2 saturated heterocycles. The van der Waals surface area contributed by atoms with Crippen LogP contribution in [0.25, 0.3) is 0 Å². The number of fused-ring (bicyclic) bond motifs is 3. The lowest BCUT2D eigenvalue weighted by atomic mass is 9.76. The van der Waals surface area contributed by atoms with Crippen LogP contribution in [0.2, 0.25) is 0 Å². The average Bonchev–Trinajstić information content (AvgIpc) is 3.37. The number of allylic oxidation sites excluding steroid dienone is 1. The molecule has 1 aliphatic carbocycles. The van der Waals surface area contributed by atoms with Gasteiger partial charge in [-0.1, -0.05) is 19.9 Å². The van der Waals surface area contributed by atoms with Gasteiger partial charge in [-0.05, 0) is 20.8 Å². The summed E-state index contributed by atoms with van der Waals surface area (Å²) in [6.07, 6.45) is -2.96. The Morgan fingerprint density at radius 2 is 1.93 bits per heavy atom. The summed E-state index contributed by atoms with van der Waals surface area (Å²) in [6.45, 7) is 8.02. The summed E-state index contributed by atoms with van der Waals surface area (Å²) in [7, 11) is 0. The lowest BCUT2D eigenvalue weighted by Gasteiger charge is -2.40. The van der Waals surface area contributed by atoms with Gasteiger partial charge in [-0.25, -0.2) is 4.79 Å². The highest BCUT2D eigenvalue weighted by molar-refractivity contribution is 5.91. The number of rotatable bonds is 5. The summed E-state index contributed by atoms with van der Waals surface area (Å²) in [5.41, 5.74) is -1.85. The van der Waals surface area contributed by atoms with Gasteiger partial charge in [0.25, 0.3) is 0 Å². The number of Topliss-reactive ketones (excluding diaryl/α,β-unsaturated/α-hetero) is 1. The van der Waals surface area contributed by atoms with Gasteiger partial charge in [0, 0.05) is 23.8 Å². The number of ketones is 1. The molecular formula is C20H28O8. The molecule has 0 bridgehead atoms. The fourth-order valence-electron chi connectivity index (χ4n) is 4.43. The third-order valence-corrected chi connectivity index (χ3v) is 6.36. The van der Waals surface area contributed by atoms with E-state index < -0.39 is 65.5 Å². The summed E-state index contributed by atoms with van der Waals surface area (Å²) in [4.78, 5) is 37.8. The van der Waals surface area contributed by atoms with Crippen LogP contribution in [0.5, 0.6) is 0 Å². The monoisotopic (exact) mass is 396 g/mol. The highest BCUT2D eigenvalue weighted by Crippen LogP contribution is 2.53. The van der Waals surface area contributed by atoms with Crippen molar-refractivity contribution < 1.29 is 38.8 Å². The number of hydrogen-bond acceptors (Lipinski definition) is 8. The van der Waals surface area contributed by atoms with Gasteiger partial charge in [-0.3, -0.25) is 9.59 Å². The van der Waals surface area contributed by atoms with Gasteiger partial charge in [-0.15, -0.1) is 0 Å². The normalized spacial score (nSPS) is 43.3. The quantitative estimate of drug-likeness (QED) is 0.392. The smallest absolute Gasteiger partial charge is 0.333 e. The van der Waals surface area contributed by atoms with E-state index in [4.69, 9.17) is 14.2 Å². The third kappa shape index (κ3) is 3.17. The number of aliphatic hydroxyl groups is 2. The summed E-state index contributed by atoms with van der Waals surface area (Å²) in [5, 5.41) is 21.3. The summed E-state index contributed by atoms with van der Waals surface area (Å²) < 4.78 is 16.8. The average molecular weight is 396 g/mol. The zero-order chi connectivity index (χ0) is 21.0. The van der Waals surface area contributed by atoms with Crippen molar-refractivity contribution in [3.8, 4) is 0 Å². The molecule has 2 N–H and O–H groups in total. The van der Waals surface area contributed by atoms with Crippen LogP contribution in [-0.2, 0) is 28.6 Å². The number of epoxide rings is 1. The van der Waals surface area contributed by atoms with Crippen molar-refractivity contribution in [3.63, 3.8) is 0 Å². The summed E-state index contributed by atoms with van der Waals surface area (Å²) >= 11 is 0. The van der Waals surface area contributed by atoms with Crippen LogP contribution in [0.4, 0.5) is 0 Å². The Morgan fingerprint density at radius 1 is 1.29 bits per heavy atom. The fourth-order valence-corrected chi connectivity index (χ4v) is 4.43. The predicted octanol–water partition coefficient (Wildman–Crippen LogP) is 0.530. The van der Waals surface area contributed by atoms with E-state index in [1.54, 1.807) is 33.8 Å². The molecular weight excluding hydrogens is 368 g/mol. The highest BCUT2D eigenvalue weighted by Gasteiger charge is 2.71. The SMILES string of the molecule is CC=C(C)C(=O)OC1C2OC(=O)C(C)C2C2OC2C(C)C1(O)C(=O)CC(C)O. The van der Waals surface area contributed by atoms with Crippen LogP contribution >= 0.6 is 0 Å². The minimum absolute atomic E-state index is 0.303. The van der Waals surface area contributed by atoms with E-state index >= 15 is 0 Å². The molecule has 156 valence electrons. The maximum Gasteiger partial charge on any atom is 0.333 e. The Bertz CT molecular complexity index is 713. The van der Waals surface area contributed by atoms with Gasteiger partial charge in [-0.2, -0.15) is 0 Å². The van der Waals surface area contributed by atoms with Crippen LogP contribution in [0.1, 0.15) is 41.0 Å². The molecule has 28 heavy (non-hydrogen) atoms. The first kappa shape index (κ1) is 21.0. The van der Waals surface area contributed by atoms with E-state index in [1.165, 1.54) is 6.92 Å². The Kier molecular flexibility index (Phi) is 5.42. The van der Waals surface area contributed by atoms with Crippen molar-refractivity contribution in [3.05, 3.63) is 11.6 Å². The minimum Gasteiger partial charge on any atom is -0.458 e. The van der Waals surface area contributed by atoms with Crippen molar-refractivity contribution in [1.29, 1.82) is 0 Å². The second kappa shape index (κ2) is 7.24. The second-order valence-corrected chi connectivity index (χ2v) is 8.22. The number of ether oxygens (including phenoxy) is 3. The van der Waals surface area contributed by atoms with Gasteiger partial charge in [0.15, 0.2) is 17.5 Å². The summed E-state index contributed by atoms with van der Waals surface area (Å²) in [5.74, 6) is -3.50. The largest absolute Gasteiger partial charge is 0.458 e. The molecule has 0 spiro atoms. The number of esters is 2. The Hall–Kier alpha value is -1.77. The molecule has 0 aromatic heterocycles. The standard InChI is InChI=1S/C20H28O8/c1-6-8(2)18(23)28-17-16-13(10(4)19(24)27-16)15-14(26-15)11(5)20(17,25)12(22)7-9(3)21/h6,9-11,13-17,21,25H,7H2,1-5H3. The van der Waals surface area contributed by atoms with E-state index in [2.05, 4.69) is 0 Å². The number of carbonyl (C=O) groups is 3. The Morgan fingerprint density at radius 3 is 2.50 bits per heavy atom. The molecule has 9 atom stereocenters. The molecule has 3 fully saturated rings. The first-order valence-corrected chi connectivity index (χ1v) is 9.67. The lowest BCUT2D eigenvalue weighted by Crippen LogP contribution is -2.61. The third-order valence-electron chi connectivity index (χ3n) is 6.36. The van der Waals surface area contributed by atoms with Crippen LogP contribution in [0.3, 0.4) is 0 Å². The van der Waals surface area contributed by atoms with E-state index in [0.29, 0.717) is 5.57 Å². The fraction of sp³-hybridized carbons (Fsp3) is 0.750. The van der Waals surface area contributed by atoms with Crippen LogP contribution in [-0.4, -0.2) is 64.1 Å². The number of aliphatic hydroxyl groups excluding tert-OH is 1. The van der Waals surface area contributed by atoms with Crippen molar-refractivity contribution in [1.82, 2.24) is 0 Å². The molecule has 0 radical (unpaired) electrons. The molecule has 2 aliphatic heterocycles. The van der Waals surface area contributed by atoms with Gasteiger partial charge in [0.2, 0.25) is 0 Å². The molecule has 0 aromatic carbocycles. The van der Waals surface area contributed by atoms with Gasteiger partial charge in [0.1, 0.15) is 6.10 Å². The van der Waals surface area contributed by atoms with Crippen molar-refractivity contribution in [2.75, 3.05) is 0 Å². The second-order valence-electron chi connectivity index (χ2n) is 8.22. The van der Waals surface area contributed by atoms with Crippen LogP contribution < -0.4 is 0 Å². The van der Waals surface area contributed by atoms with E-state index in [1.807, 2.05) is 0 Å². The Balaban J connectivity index is 2.07. The van der Waals surface area contributed by atoms with E-state index in [0.717, 1.165) is 0 Å². The number of carbonyl (C=O) groups excluding carboxylic acids is 3. The highest BCUT2D eigenvalue weighted by atomic mass is 16.6. The topological polar surface area (TPSA) is 123 Å². The maximum atomic E-state index is 13.0. The molecule has 8 nitrogen and oxygen atoms in total. The van der Waals surface area contributed by atoms with Gasteiger partial charge < -0.3 is 24.4 Å². The number of hydrogen-bond donors (Lipinski definition) is 2. The van der Waals surface area contributed by atoms with Crippen molar-refractivity contribution in [2.24, 2.45) is 17.8 Å². The molecule has 1 saturated carbocycles. The minimum atomic E-state index is -2.15. The van der Waals surface area contributed by atoms with Gasteiger partial charge in [0.05, 0.1) is 24.2 Å². The molecule has 9 unspecified atom stereocenters. The van der Waals surface area contributed by atoms with Gasteiger partial charge >= 0.3 is 11.9 Å². The molecule has 8 heteroatoms. The van der Waals surface area contributed by atoms with Crippen LogP contribution in [0.15, 0.2) is 11.6 Å². The van der Waals surface area contributed by atoms with Crippen molar-refractivity contribution in [2.45, 2.75) is 77.2 Å². The molecule has 3 rings (SSSR count). The van der Waals surface area contributed by atoms with E-state index in [-0.39, 0.29) is 12.5 Å². The Labute approximate surface area is 163 Å². The first-order valence-electron chi connectivity index (χ1n) is 9.67. The van der Waals surface area contributed by atoms with Crippen molar-refractivity contribution >= 4 is 17.7 Å². The van der Waals surface area contributed by atoms with Crippen LogP contribution in [0, 0.1) is 17.8 Å². The zero-order valence-electron chi connectivity index (χ0n) is 16.7. The molecule has 3 aliphatic rings.